The number of aromatic nitrogens is 3. The molecule has 0 bridgehead atoms. The van der Waals surface area contributed by atoms with Crippen molar-refractivity contribution in [1.29, 1.82) is 0 Å². The Morgan fingerprint density at radius 1 is 1.26 bits per heavy atom. The van der Waals surface area contributed by atoms with Gasteiger partial charge in [0.05, 0.1) is 23.7 Å². The second-order valence-electron chi connectivity index (χ2n) is 9.90. The number of hydrogen-bond donors (Lipinski definition) is 2. The maximum Gasteiger partial charge on any atom is 0.407 e. The minimum atomic E-state index is -0.546. The first-order chi connectivity index (χ1) is 16.5. The van der Waals surface area contributed by atoms with Gasteiger partial charge >= 0.3 is 6.09 Å². The summed E-state index contributed by atoms with van der Waals surface area (Å²) in [6, 6.07) is 6.01. The standard InChI is InChI=1S/C25H34FN5O3S/c1-15(2)20(27-11-8-12-28-24(33)34-25(4,5)6)21-29-22-19(16(3)30-35-22)23(32)31(21)14-17-9-7-10-18(26)13-17/h7,9-10,13,15,20,27H,8,11-12,14H2,1-6H3,(H,28,33). The van der Waals surface area contributed by atoms with E-state index in [0.29, 0.717) is 46.8 Å². The molecule has 0 fully saturated rings. The molecule has 3 rings (SSSR count). The Labute approximate surface area is 209 Å². The summed E-state index contributed by atoms with van der Waals surface area (Å²) in [5.74, 6) is 0.354. The van der Waals surface area contributed by atoms with Gasteiger partial charge in [-0.15, -0.1) is 0 Å². The summed E-state index contributed by atoms with van der Waals surface area (Å²) < 4.78 is 25.1. The van der Waals surface area contributed by atoms with Crippen molar-refractivity contribution in [3.05, 3.63) is 57.5 Å². The molecule has 1 amide bonds. The fourth-order valence-electron chi connectivity index (χ4n) is 3.77. The minimum absolute atomic E-state index is 0.117. The quantitative estimate of drug-likeness (QED) is 0.416. The Kier molecular flexibility index (Phi) is 8.60. The number of carbonyl (C=O) groups is 1. The molecule has 3 aromatic rings. The molecule has 0 spiro atoms. The molecule has 1 aromatic carbocycles. The van der Waals surface area contributed by atoms with E-state index in [2.05, 4.69) is 28.9 Å². The molecule has 0 saturated heterocycles. The summed E-state index contributed by atoms with van der Waals surface area (Å²) in [5, 5.41) is 6.74. The van der Waals surface area contributed by atoms with Crippen LogP contribution in [0.1, 0.15) is 64.2 Å². The Morgan fingerprint density at radius 3 is 2.66 bits per heavy atom. The van der Waals surface area contributed by atoms with Crippen LogP contribution in [-0.4, -0.2) is 38.7 Å². The van der Waals surface area contributed by atoms with Crippen molar-refractivity contribution in [2.45, 2.75) is 66.2 Å². The highest BCUT2D eigenvalue weighted by molar-refractivity contribution is 7.12. The number of hydrogen-bond acceptors (Lipinski definition) is 7. The molecule has 35 heavy (non-hydrogen) atoms. The van der Waals surface area contributed by atoms with Crippen LogP contribution in [0.2, 0.25) is 0 Å². The lowest BCUT2D eigenvalue weighted by Gasteiger charge is -2.25. The number of nitrogens with one attached hydrogen (secondary N) is 2. The summed E-state index contributed by atoms with van der Waals surface area (Å²) in [5.41, 5.74) is 0.596. The zero-order chi connectivity index (χ0) is 25.8. The second-order valence-corrected chi connectivity index (χ2v) is 10.6. The van der Waals surface area contributed by atoms with E-state index < -0.39 is 11.7 Å². The zero-order valence-corrected chi connectivity index (χ0v) is 22.0. The Bertz CT molecular complexity index is 1230. The zero-order valence-electron chi connectivity index (χ0n) is 21.1. The van der Waals surface area contributed by atoms with E-state index in [0.717, 1.165) is 0 Å². The molecule has 1 unspecified atom stereocenters. The highest BCUT2D eigenvalue weighted by Crippen LogP contribution is 2.24. The minimum Gasteiger partial charge on any atom is -0.444 e. The number of ether oxygens (including phenoxy) is 1. The van der Waals surface area contributed by atoms with Gasteiger partial charge in [0.1, 0.15) is 17.2 Å². The van der Waals surface area contributed by atoms with Gasteiger partial charge in [0.25, 0.3) is 5.56 Å². The summed E-state index contributed by atoms with van der Waals surface area (Å²) >= 11 is 1.20. The first-order valence-electron chi connectivity index (χ1n) is 11.8. The molecule has 8 nitrogen and oxygen atoms in total. The van der Waals surface area contributed by atoms with Crippen molar-refractivity contribution in [2.24, 2.45) is 5.92 Å². The monoisotopic (exact) mass is 503 g/mol. The fraction of sp³-hybridized carbons (Fsp3) is 0.520. The smallest absolute Gasteiger partial charge is 0.407 e. The van der Waals surface area contributed by atoms with Gasteiger partial charge in [-0.25, -0.2) is 14.2 Å². The number of benzene rings is 1. The molecular weight excluding hydrogens is 469 g/mol. The fourth-order valence-corrected chi connectivity index (χ4v) is 4.54. The predicted molar refractivity (Wildman–Crippen MR) is 136 cm³/mol. The summed E-state index contributed by atoms with van der Waals surface area (Å²) in [7, 11) is 0. The molecule has 0 saturated carbocycles. The lowest BCUT2D eigenvalue weighted by Crippen LogP contribution is -2.37. The molecule has 0 aliphatic rings. The van der Waals surface area contributed by atoms with Crippen LogP contribution in [0.4, 0.5) is 9.18 Å². The van der Waals surface area contributed by atoms with E-state index in [1.165, 1.54) is 23.7 Å². The molecule has 0 radical (unpaired) electrons. The van der Waals surface area contributed by atoms with Crippen LogP contribution in [0.5, 0.6) is 0 Å². The van der Waals surface area contributed by atoms with Crippen LogP contribution in [0.15, 0.2) is 29.1 Å². The number of nitrogens with zero attached hydrogens (tertiary/aromatic N) is 3. The third-order valence-electron chi connectivity index (χ3n) is 5.36. The average molecular weight is 504 g/mol. The maximum absolute atomic E-state index is 13.8. The van der Waals surface area contributed by atoms with Crippen molar-refractivity contribution in [3.63, 3.8) is 0 Å². The number of amides is 1. The van der Waals surface area contributed by atoms with E-state index in [9.17, 15) is 14.0 Å². The highest BCUT2D eigenvalue weighted by atomic mass is 32.1. The topological polar surface area (TPSA) is 98.1 Å². The van der Waals surface area contributed by atoms with Gasteiger partial charge in [0.2, 0.25) is 0 Å². The van der Waals surface area contributed by atoms with Crippen LogP contribution in [0.3, 0.4) is 0 Å². The van der Waals surface area contributed by atoms with Gasteiger partial charge in [-0.1, -0.05) is 26.0 Å². The number of alkyl carbamates (subject to hydrolysis) is 1. The van der Waals surface area contributed by atoms with Crippen LogP contribution in [0.25, 0.3) is 10.2 Å². The molecule has 0 aliphatic heterocycles. The predicted octanol–water partition coefficient (Wildman–Crippen LogP) is 4.55. The van der Waals surface area contributed by atoms with Gasteiger partial charge in [-0.05, 0) is 75.8 Å². The first-order valence-corrected chi connectivity index (χ1v) is 12.5. The van der Waals surface area contributed by atoms with Crippen LogP contribution in [-0.2, 0) is 11.3 Å². The highest BCUT2D eigenvalue weighted by Gasteiger charge is 2.24. The van der Waals surface area contributed by atoms with E-state index in [1.807, 2.05) is 20.8 Å². The van der Waals surface area contributed by atoms with E-state index in [-0.39, 0.29) is 29.9 Å². The van der Waals surface area contributed by atoms with Crippen LogP contribution < -0.4 is 16.2 Å². The number of fused-ring (bicyclic) bond motifs is 1. The van der Waals surface area contributed by atoms with Crippen LogP contribution >= 0.6 is 11.5 Å². The third kappa shape index (κ3) is 7.08. The Balaban J connectivity index is 1.82. The van der Waals surface area contributed by atoms with Crippen LogP contribution in [0, 0.1) is 18.7 Å². The summed E-state index contributed by atoms with van der Waals surface area (Å²) in [6.07, 6.45) is 0.216. The number of aryl methyl sites for hydroxylation is 1. The second kappa shape index (κ2) is 11.3. The van der Waals surface area contributed by atoms with Gasteiger partial charge in [-0.2, -0.15) is 4.37 Å². The lowest BCUT2D eigenvalue weighted by atomic mass is 10.0. The molecule has 2 heterocycles. The van der Waals surface area contributed by atoms with Crippen molar-refractivity contribution < 1.29 is 13.9 Å². The Morgan fingerprint density at radius 2 is 2.00 bits per heavy atom. The normalized spacial score (nSPS) is 12.8. The lowest BCUT2D eigenvalue weighted by molar-refractivity contribution is 0.0527. The summed E-state index contributed by atoms with van der Waals surface area (Å²) in [4.78, 5) is 30.8. The molecule has 2 aromatic heterocycles. The van der Waals surface area contributed by atoms with E-state index >= 15 is 0 Å². The SMILES string of the molecule is Cc1nsc2nc(C(NCCCNC(=O)OC(C)(C)C)C(C)C)n(Cc3cccc(F)c3)c(=O)c12. The van der Waals surface area contributed by atoms with Crippen molar-refractivity contribution in [1.82, 2.24) is 24.6 Å². The molecule has 2 N–H and O–H groups in total. The Hall–Kier alpha value is -2.85. The maximum atomic E-state index is 13.8. The molecular formula is C25H34FN5O3S. The van der Waals surface area contributed by atoms with Gasteiger partial charge in [-0.3, -0.25) is 9.36 Å². The molecule has 1 atom stereocenters. The van der Waals surface area contributed by atoms with E-state index in [1.54, 1.807) is 23.6 Å². The van der Waals surface area contributed by atoms with Crippen molar-refractivity contribution in [2.75, 3.05) is 13.1 Å². The van der Waals surface area contributed by atoms with Gasteiger partial charge < -0.3 is 15.4 Å². The van der Waals surface area contributed by atoms with Crippen molar-refractivity contribution >= 4 is 27.8 Å². The summed E-state index contributed by atoms with van der Waals surface area (Å²) in [6.45, 7) is 12.6. The number of halogens is 1. The average Bonchev–Trinajstić information content (AvgIpc) is 3.12. The molecule has 10 heteroatoms. The number of carbonyl (C=O) groups excluding carboxylic acids is 1. The van der Waals surface area contributed by atoms with E-state index in [4.69, 9.17) is 9.72 Å². The van der Waals surface area contributed by atoms with Gasteiger partial charge in [0, 0.05) is 6.54 Å². The third-order valence-corrected chi connectivity index (χ3v) is 6.19. The van der Waals surface area contributed by atoms with Crippen molar-refractivity contribution in [3.8, 4) is 0 Å². The first kappa shape index (κ1) is 26.7. The molecule has 190 valence electrons. The molecule has 0 aliphatic carbocycles. The largest absolute Gasteiger partial charge is 0.444 e. The number of rotatable bonds is 9. The van der Waals surface area contributed by atoms with Gasteiger partial charge in [0.15, 0.2) is 4.83 Å².